The van der Waals surface area contributed by atoms with Crippen molar-refractivity contribution < 1.29 is 9.18 Å². The summed E-state index contributed by atoms with van der Waals surface area (Å²) in [6.07, 6.45) is 0. The summed E-state index contributed by atoms with van der Waals surface area (Å²) in [6, 6.07) is 5.28. The highest BCUT2D eigenvalue weighted by molar-refractivity contribution is 5.82. The zero-order chi connectivity index (χ0) is 14.9. The summed E-state index contributed by atoms with van der Waals surface area (Å²) in [5, 5.41) is 3.68. The van der Waals surface area contributed by atoms with Gasteiger partial charge in [-0.1, -0.05) is 27.7 Å². The van der Waals surface area contributed by atoms with Crippen LogP contribution in [0.4, 0.5) is 4.39 Å². The van der Waals surface area contributed by atoms with Gasteiger partial charge in [0, 0.05) is 22.5 Å². The number of hydrogen-bond acceptors (Lipinski definition) is 1. The van der Waals surface area contributed by atoms with Crippen LogP contribution in [0.15, 0.2) is 18.2 Å². The second-order valence-electron chi connectivity index (χ2n) is 5.78. The smallest absolute Gasteiger partial charge is 0.222 e. The summed E-state index contributed by atoms with van der Waals surface area (Å²) in [7, 11) is 0. The van der Waals surface area contributed by atoms with Crippen LogP contribution in [0.2, 0.25) is 0 Å². The van der Waals surface area contributed by atoms with Gasteiger partial charge < -0.3 is 10.3 Å². The maximum absolute atomic E-state index is 13.9. The molecule has 0 radical (unpaired) electrons. The van der Waals surface area contributed by atoms with Gasteiger partial charge >= 0.3 is 0 Å². The molecule has 1 heterocycles. The van der Waals surface area contributed by atoms with Crippen LogP contribution in [-0.4, -0.2) is 10.9 Å². The molecule has 0 aliphatic carbocycles. The standard InChI is InChI=1S/C16H21FN2O/c1-9(2)13-7-15-11(6-14(13)17)5-12(19-15)8-18-16(20)10(3)4/h5-7,9-10,19H,8H2,1-4H3,(H,18,20). The van der Waals surface area contributed by atoms with Crippen molar-refractivity contribution in [3.8, 4) is 0 Å². The Balaban J connectivity index is 2.23. The van der Waals surface area contributed by atoms with E-state index >= 15 is 0 Å². The summed E-state index contributed by atoms with van der Waals surface area (Å²) in [5.74, 6) is -0.0573. The van der Waals surface area contributed by atoms with Crippen LogP contribution in [0.5, 0.6) is 0 Å². The highest BCUT2D eigenvalue weighted by Gasteiger charge is 2.11. The molecule has 1 amide bonds. The molecular weight excluding hydrogens is 255 g/mol. The molecule has 0 aliphatic heterocycles. The van der Waals surface area contributed by atoms with Gasteiger partial charge in [0.05, 0.1) is 6.54 Å². The lowest BCUT2D eigenvalue weighted by Gasteiger charge is -2.06. The van der Waals surface area contributed by atoms with E-state index in [0.717, 1.165) is 16.6 Å². The number of carbonyl (C=O) groups is 1. The molecule has 2 aromatic rings. The Morgan fingerprint density at radius 2 is 1.95 bits per heavy atom. The van der Waals surface area contributed by atoms with Gasteiger partial charge in [-0.05, 0) is 29.7 Å². The molecule has 0 saturated carbocycles. The van der Waals surface area contributed by atoms with Crippen molar-refractivity contribution >= 4 is 16.8 Å². The number of hydrogen-bond donors (Lipinski definition) is 2. The Bertz CT molecular complexity index is 629. The molecule has 108 valence electrons. The van der Waals surface area contributed by atoms with Crippen molar-refractivity contribution in [2.24, 2.45) is 5.92 Å². The summed E-state index contributed by atoms with van der Waals surface area (Å²) < 4.78 is 13.9. The number of aromatic amines is 1. The first-order chi connectivity index (χ1) is 9.38. The average molecular weight is 276 g/mol. The van der Waals surface area contributed by atoms with Gasteiger partial charge in [-0.25, -0.2) is 4.39 Å². The molecular formula is C16H21FN2O. The molecule has 0 aliphatic rings. The minimum absolute atomic E-state index is 0.0118. The molecule has 0 saturated heterocycles. The average Bonchev–Trinajstić information content (AvgIpc) is 2.76. The van der Waals surface area contributed by atoms with E-state index < -0.39 is 0 Å². The maximum atomic E-state index is 13.9. The van der Waals surface area contributed by atoms with E-state index in [1.165, 1.54) is 0 Å². The van der Waals surface area contributed by atoms with E-state index in [9.17, 15) is 9.18 Å². The molecule has 4 heteroatoms. The van der Waals surface area contributed by atoms with Gasteiger partial charge in [-0.3, -0.25) is 4.79 Å². The van der Waals surface area contributed by atoms with E-state index in [-0.39, 0.29) is 23.6 Å². The molecule has 0 bridgehead atoms. The molecule has 0 unspecified atom stereocenters. The Hall–Kier alpha value is -1.84. The van der Waals surface area contributed by atoms with E-state index in [1.54, 1.807) is 6.07 Å². The SMILES string of the molecule is CC(C)C(=O)NCc1cc2cc(F)c(C(C)C)cc2[nH]1. The zero-order valence-corrected chi connectivity index (χ0v) is 12.4. The third-order valence-corrected chi connectivity index (χ3v) is 3.39. The first kappa shape index (κ1) is 14.6. The highest BCUT2D eigenvalue weighted by atomic mass is 19.1. The van der Waals surface area contributed by atoms with E-state index in [2.05, 4.69) is 10.3 Å². The second-order valence-corrected chi connectivity index (χ2v) is 5.78. The van der Waals surface area contributed by atoms with Crippen LogP contribution in [0.1, 0.15) is 44.9 Å². The molecule has 2 rings (SSSR count). The molecule has 0 fully saturated rings. The van der Waals surface area contributed by atoms with Gasteiger partial charge in [0.25, 0.3) is 0 Å². The normalized spacial score (nSPS) is 11.6. The van der Waals surface area contributed by atoms with Crippen LogP contribution in [0.25, 0.3) is 10.9 Å². The van der Waals surface area contributed by atoms with Gasteiger partial charge in [0.2, 0.25) is 5.91 Å². The number of carbonyl (C=O) groups excluding carboxylic acids is 1. The Morgan fingerprint density at radius 3 is 2.55 bits per heavy atom. The van der Waals surface area contributed by atoms with E-state index in [0.29, 0.717) is 12.1 Å². The topological polar surface area (TPSA) is 44.9 Å². The highest BCUT2D eigenvalue weighted by Crippen LogP contribution is 2.25. The predicted molar refractivity (Wildman–Crippen MR) is 79.0 cm³/mol. The molecule has 2 N–H and O–H groups in total. The molecule has 1 aromatic heterocycles. The first-order valence-electron chi connectivity index (χ1n) is 6.97. The van der Waals surface area contributed by atoms with Crippen LogP contribution < -0.4 is 5.32 Å². The third kappa shape index (κ3) is 3.00. The zero-order valence-electron chi connectivity index (χ0n) is 12.4. The summed E-state index contributed by atoms with van der Waals surface area (Å²) >= 11 is 0. The fraction of sp³-hybridized carbons (Fsp3) is 0.438. The van der Waals surface area contributed by atoms with E-state index in [1.807, 2.05) is 39.8 Å². The summed E-state index contributed by atoms with van der Waals surface area (Å²) in [4.78, 5) is 14.8. The van der Waals surface area contributed by atoms with Crippen LogP contribution in [0, 0.1) is 11.7 Å². The lowest BCUT2D eigenvalue weighted by atomic mass is 10.0. The minimum atomic E-state index is -0.177. The lowest BCUT2D eigenvalue weighted by Crippen LogP contribution is -2.27. The number of nitrogens with one attached hydrogen (secondary N) is 2. The number of amides is 1. The van der Waals surface area contributed by atoms with E-state index in [4.69, 9.17) is 0 Å². The van der Waals surface area contributed by atoms with Crippen molar-refractivity contribution in [1.29, 1.82) is 0 Å². The van der Waals surface area contributed by atoms with Crippen LogP contribution in [-0.2, 0) is 11.3 Å². The quantitative estimate of drug-likeness (QED) is 0.878. The van der Waals surface area contributed by atoms with Gasteiger partial charge in [0.15, 0.2) is 0 Å². The first-order valence-corrected chi connectivity index (χ1v) is 6.97. The van der Waals surface area contributed by atoms with Gasteiger partial charge in [-0.15, -0.1) is 0 Å². The van der Waals surface area contributed by atoms with Crippen LogP contribution in [0.3, 0.4) is 0 Å². The number of aromatic nitrogens is 1. The monoisotopic (exact) mass is 276 g/mol. The fourth-order valence-electron chi connectivity index (χ4n) is 2.15. The van der Waals surface area contributed by atoms with Crippen molar-refractivity contribution in [3.63, 3.8) is 0 Å². The lowest BCUT2D eigenvalue weighted by molar-refractivity contribution is -0.124. The molecule has 1 aromatic carbocycles. The number of H-pyrrole nitrogens is 1. The minimum Gasteiger partial charge on any atom is -0.357 e. The fourth-order valence-corrected chi connectivity index (χ4v) is 2.15. The second kappa shape index (κ2) is 5.65. The molecule has 0 spiro atoms. The summed E-state index contributed by atoms with van der Waals surface area (Å²) in [6.45, 7) is 8.08. The third-order valence-electron chi connectivity index (χ3n) is 3.39. The predicted octanol–water partition coefficient (Wildman–Crippen LogP) is 3.70. The van der Waals surface area contributed by atoms with Crippen molar-refractivity contribution in [2.75, 3.05) is 0 Å². The Kier molecular flexibility index (Phi) is 4.12. The van der Waals surface area contributed by atoms with Crippen LogP contribution >= 0.6 is 0 Å². The number of halogens is 1. The molecule has 20 heavy (non-hydrogen) atoms. The van der Waals surface area contributed by atoms with Crippen molar-refractivity contribution in [1.82, 2.24) is 10.3 Å². The maximum Gasteiger partial charge on any atom is 0.222 e. The Morgan fingerprint density at radius 1 is 1.25 bits per heavy atom. The Labute approximate surface area is 118 Å². The number of rotatable bonds is 4. The van der Waals surface area contributed by atoms with Crippen molar-refractivity contribution in [3.05, 3.63) is 35.3 Å². The number of fused-ring (bicyclic) bond motifs is 1. The van der Waals surface area contributed by atoms with Crippen molar-refractivity contribution in [2.45, 2.75) is 40.2 Å². The molecule has 3 nitrogen and oxygen atoms in total. The summed E-state index contributed by atoms with van der Waals surface area (Å²) in [5.41, 5.74) is 2.50. The molecule has 0 atom stereocenters. The largest absolute Gasteiger partial charge is 0.357 e. The number of benzene rings is 1. The van der Waals surface area contributed by atoms with Gasteiger partial charge in [-0.2, -0.15) is 0 Å². The van der Waals surface area contributed by atoms with Gasteiger partial charge in [0.1, 0.15) is 5.82 Å².